The van der Waals surface area contributed by atoms with Crippen molar-refractivity contribution in [1.29, 1.82) is 0 Å². The van der Waals surface area contributed by atoms with Gasteiger partial charge in [0.1, 0.15) is 5.75 Å². The van der Waals surface area contributed by atoms with Crippen molar-refractivity contribution < 1.29 is 12.9 Å². The van der Waals surface area contributed by atoms with E-state index in [1.807, 2.05) is 13.8 Å². The van der Waals surface area contributed by atoms with Gasteiger partial charge in [0.05, 0.1) is 10.2 Å². The SMILES string of the molecule is CC(C)c1nc(CS(=O)(=O)c2nc3cc(Cl)ccc3s2)no1. The zero-order chi connectivity index (χ0) is 15.9. The van der Waals surface area contributed by atoms with Gasteiger partial charge in [-0.2, -0.15) is 4.98 Å². The number of aromatic nitrogens is 3. The molecule has 2 heterocycles. The number of hydrogen-bond acceptors (Lipinski definition) is 7. The molecule has 3 aromatic rings. The van der Waals surface area contributed by atoms with Crippen LogP contribution in [-0.2, 0) is 15.6 Å². The van der Waals surface area contributed by atoms with Gasteiger partial charge in [-0.25, -0.2) is 13.4 Å². The molecular weight excluding hydrogens is 346 g/mol. The molecule has 6 nitrogen and oxygen atoms in total. The first-order valence-electron chi connectivity index (χ1n) is 6.46. The Kier molecular flexibility index (Phi) is 3.92. The van der Waals surface area contributed by atoms with E-state index in [4.69, 9.17) is 16.1 Å². The lowest BCUT2D eigenvalue weighted by Crippen LogP contribution is -2.06. The first-order valence-corrected chi connectivity index (χ1v) is 9.31. The zero-order valence-corrected chi connectivity index (χ0v) is 14.2. The molecule has 0 bridgehead atoms. The van der Waals surface area contributed by atoms with E-state index >= 15 is 0 Å². The smallest absolute Gasteiger partial charge is 0.229 e. The largest absolute Gasteiger partial charge is 0.339 e. The normalized spacial score (nSPS) is 12.4. The Balaban J connectivity index is 1.93. The summed E-state index contributed by atoms with van der Waals surface area (Å²) in [4.78, 5) is 8.23. The van der Waals surface area contributed by atoms with Crippen molar-refractivity contribution >= 4 is 43.0 Å². The summed E-state index contributed by atoms with van der Waals surface area (Å²) in [6, 6.07) is 5.09. The van der Waals surface area contributed by atoms with Gasteiger partial charge in [-0.3, -0.25) is 0 Å². The average molecular weight is 358 g/mol. The second kappa shape index (κ2) is 5.60. The molecule has 0 unspecified atom stereocenters. The van der Waals surface area contributed by atoms with E-state index in [2.05, 4.69) is 15.1 Å². The van der Waals surface area contributed by atoms with Gasteiger partial charge in [-0.1, -0.05) is 30.6 Å². The molecule has 0 spiro atoms. The van der Waals surface area contributed by atoms with E-state index in [0.717, 1.165) is 16.0 Å². The molecule has 2 aromatic heterocycles. The predicted octanol–water partition coefficient (Wildman–Crippen LogP) is 3.43. The van der Waals surface area contributed by atoms with Gasteiger partial charge in [0.2, 0.25) is 20.1 Å². The fourth-order valence-electron chi connectivity index (χ4n) is 1.80. The van der Waals surface area contributed by atoms with Gasteiger partial charge in [0.25, 0.3) is 0 Å². The highest BCUT2D eigenvalue weighted by Crippen LogP contribution is 2.29. The molecule has 22 heavy (non-hydrogen) atoms. The molecule has 1 aromatic carbocycles. The summed E-state index contributed by atoms with van der Waals surface area (Å²) >= 11 is 6.99. The van der Waals surface area contributed by atoms with Crippen LogP contribution >= 0.6 is 22.9 Å². The van der Waals surface area contributed by atoms with E-state index in [0.29, 0.717) is 16.4 Å². The molecule has 0 aliphatic carbocycles. The summed E-state index contributed by atoms with van der Waals surface area (Å²) in [7, 11) is -3.62. The van der Waals surface area contributed by atoms with Gasteiger partial charge in [0.15, 0.2) is 5.82 Å². The lowest BCUT2D eigenvalue weighted by molar-refractivity contribution is 0.361. The number of sulfone groups is 1. The molecule has 0 amide bonds. The van der Waals surface area contributed by atoms with Crippen LogP contribution in [0.1, 0.15) is 31.5 Å². The third-order valence-corrected chi connectivity index (χ3v) is 6.23. The van der Waals surface area contributed by atoms with E-state index < -0.39 is 9.84 Å². The fourth-order valence-corrected chi connectivity index (χ4v) is 4.42. The summed E-state index contributed by atoms with van der Waals surface area (Å²) in [5.41, 5.74) is 0.562. The number of thiazole rings is 1. The molecule has 0 aliphatic heterocycles. The molecule has 0 saturated carbocycles. The third kappa shape index (κ3) is 2.99. The van der Waals surface area contributed by atoms with Crippen molar-refractivity contribution in [1.82, 2.24) is 15.1 Å². The van der Waals surface area contributed by atoms with Gasteiger partial charge < -0.3 is 4.52 Å². The van der Waals surface area contributed by atoms with E-state index in [-0.39, 0.29) is 21.8 Å². The number of nitrogens with zero attached hydrogens (tertiary/aromatic N) is 3. The maximum Gasteiger partial charge on any atom is 0.229 e. The van der Waals surface area contributed by atoms with E-state index in [9.17, 15) is 8.42 Å². The molecule has 9 heteroatoms. The Hall–Kier alpha value is -1.51. The number of hydrogen-bond donors (Lipinski definition) is 0. The Morgan fingerprint density at radius 1 is 1.32 bits per heavy atom. The number of rotatable bonds is 4. The Bertz CT molecular complexity index is 931. The van der Waals surface area contributed by atoms with Crippen LogP contribution in [0.2, 0.25) is 5.02 Å². The molecular formula is C13H12ClN3O3S2. The Labute approximate surface area is 136 Å². The number of benzene rings is 1. The van der Waals surface area contributed by atoms with Crippen molar-refractivity contribution in [3.63, 3.8) is 0 Å². The van der Waals surface area contributed by atoms with Gasteiger partial charge in [0, 0.05) is 10.9 Å². The maximum atomic E-state index is 12.4. The fraction of sp³-hybridized carbons (Fsp3) is 0.308. The summed E-state index contributed by atoms with van der Waals surface area (Å²) < 4.78 is 30.7. The van der Waals surface area contributed by atoms with Crippen molar-refractivity contribution in [2.75, 3.05) is 0 Å². The molecule has 3 rings (SSSR count). The minimum atomic E-state index is -3.62. The van der Waals surface area contributed by atoms with Gasteiger partial charge in [-0.05, 0) is 18.2 Å². The minimum absolute atomic E-state index is 0.0284. The molecule has 0 atom stereocenters. The molecule has 0 saturated heterocycles. The van der Waals surface area contributed by atoms with Crippen molar-refractivity contribution in [2.24, 2.45) is 0 Å². The first-order chi connectivity index (χ1) is 10.3. The van der Waals surface area contributed by atoms with Crippen LogP contribution in [-0.4, -0.2) is 23.5 Å². The quantitative estimate of drug-likeness (QED) is 0.711. The Morgan fingerprint density at radius 3 is 2.77 bits per heavy atom. The maximum absolute atomic E-state index is 12.4. The van der Waals surface area contributed by atoms with Crippen LogP contribution < -0.4 is 0 Å². The summed E-state index contributed by atoms with van der Waals surface area (Å²) in [5, 5.41) is 4.22. The van der Waals surface area contributed by atoms with Crippen molar-refractivity contribution in [3.05, 3.63) is 34.9 Å². The lowest BCUT2D eigenvalue weighted by Gasteiger charge is -1.95. The first kappa shape index (κ1) is 15.4. The van der Waals surface area contributed by atoms with Crippen LogP contribution in [0, 0.1) is 0 Å². The van der Waals surface area contributed by atoms with Crippen LogP contribution in [0.4, 0.5) is 0 Å². The van der Waals surface area contributed by atoms with Crippen molar-refractivity contribution in [2.45, 2.75) is 29.9 Å². The second-order valence-corrected chi connectivity index (χ2v) is 8.68. The van der Waals surface area contributed by atoms with Gasteiger partial charge >= 0.3 is 0 Å². The highest BCUT2D eigenvalue weighted by molar-refractivity contribution is 7.92. The van der Waals surface area contributed by atoms with Gasteiger partial charge in [-0.15, -0.1) is 11.3 Å². The molecule has 0 aliphatic rings. The second-order valence-electron chi connectivity index (χ2n) is 5.05. The van der Waals surface area contributed by atoms with E-state index in [1.165, 1.54) is 0 Å². The topological polar surface area (TPSA) is 86.0 Å². The minimum Gasteiger partial charge on any atom is -0.339 e. The van der Waals surface area contributed by atoms with Crippen molar-refractivity contribution in [3.8, 4) is 0 Å². The number of fused-ring (bicyclic) bond motifs is 1. The van der Waals surface area contributed by atoms with Crippen LogP contribution in [0.15, 0.2) is 27.1 Å². The lowest BCUT2D eigenvalue weighted by atomic mass is 10.2. The average Bonchev–Trinajstić information content (AvgIpc) is 3.04. The summed E-state index contributed by atoms with van der Waals surface area (Å²) in [6.45, 7) is 3.78. The molecule has 0 N–H and O–H groups in total. The monoisotopic (exact) mass is 357 g/mol. The number of halogens is 1. The van der Waals surface area contributed by atoms with Crippen LogP contribution in [0.5, 0.6) is 0 Å². The highest BCUT2D eigenvalue weighted by atomic mass is 35.5. The van der Waals surface area contributed by atoms with Crippen LogP contribution in [0.3, 0.4) is 0 Å². The molecule has 116 valence electrons. The van der Waals surface area contributed by atoms with E-state index in [1.54, 1.807) is 18.2 Å². The zero-order valence-electron chi connectivity index (χ0n) is 11.8. The standard InChI is InChI=1S/C13H12ClN3O3S2/c1-7(2)12-16-11(17-20-12)6-22(18,19)13-15-9-5-8(14)3-4-10(9)21-13/h3-5,7H,6H2,1-2H3. The molecule has 0 fully saturated rings. The molecule has 0 radical (unpaired) electrons. The van der Waals surface area contributed by atoms with Crippen LogP contribution in [0.25, 0.3) is 10.2 Å². The highest BCUT2D eigenvalue weighted by Gasteiger charge is 2.24. The third-order valence-electron chi connectivity index (χ3n) is 2.89. The summed E-state index contributed by atoms with van der Waals surface area (Å²) in [5.74, 6) is 0.271. The Morgan fingerprint density at radius 2 is 2.09 bits per heavy atom. The predicted molar refractivity (Wildman–Crippen MR) is 83.9 cm³/mol. The summed E-state index contributed by atoms with van der Waals surface area (Å²) in [6.07, 6.45) is 0.